The fourth-order valence-corrected chi connectivity index (χ4v) is 4.77. The molecule has 2 saturated heterocycles. The van der Waals surface area contributed by atoms with E-state index in [1.807, 2.05) is 25.8 Å². The van der Waals surface area contributed by atoms with Gasteiger partial charge in [0, 0.05) is 13.0 Å². The first kappa shape index (κ1) is 15.7. The molecule has 0 bridgehead atoms. The summed E-state index contributed by atoms with van der Waals surface area (Å²) >= 11 is 0. The minimum absolute atomic E-state index is 0.0374. The first-order chi connectivity index (χ1) is 9.32. The van der Waals surface area contributed by atoms with E-state index >= 15 is 0 Å². The van der Waals surface area contributed by atoms with Crippen molar-refractivity contribution in [1.82, 2.24) is 9.80 Å². The summed E-state index contributed by atoms with van der Waals surface area (Å²) in [7, 11) is -1.25. The zero-order valence-electron chi connectivity index (χ0n) is 12.5. The lowest BCUT2D eigenvalue weighted by Gasteiger charge is -2.52. The van der Waals surface area contributed by atoms with Gasteiger partial charge in [0.25, 0.3) is 0 Å². The van der Waals surface area contributed by atoms with Gasteiger partial charge in [0.15, 0.2) is 9.84 Å². The molecule has 2 fully saturated rings. The van der Waals surface area contributed by atoms with Crippen molar-refractivity contribution in [3.8, 4) is 0 Å². The minimum atomic E-state index is -3.16. The van der Waals surface area contributed by atoms with Gasteiger partial charge in [-0.25, -0.2) is 8.42 Å². The van der Waals surface area contributed by atoms with Crippen LogP contribution < -0.4 is 0 Å². The summed E-state index contributed by atoms with van der Waals surface area (Å²) in [5.74, 6) is 0.0971. The van der Waals surface area contributed by atoms with E-state index in [1.54, 1.807) is 4.90 Å². The number of hydrogen-bond acceptors (Lipinski definition) is 5. The van der Waals surface area contributed by atoms with Crippen LogP contribution in [-0.2, 0) is 19.4 Å². The van der Waals surface area contributed by atoms with Crippen LogP contribution in [-0.4, -0.2) is 80.6 Å². The molecule has 1 spiro atoms. The van der Waals surface area contributed by atoms with E-state index in [0.29, 0.717) is 26.1 Å². The van der Waals surface area contributed by atoms with Crippen LogP contribution in [0.15, 0.2) is 0 Å². The Morgan fingerprint density at radius 1 is 1.40 bits per heavy atom. The Morgan fingerprint density at radius 2 is 2.05 bits per heavy atom. The van der Waals surface area contributed by atoms with Crippen molar-refractivity contribution in [3.05, 3.63) is 0 Å². The quantitative estimate of drug-likeness (QED) is 0.716. The fraction of sp³-hybridized carbons (Fsp3) is 0.923. The Hall–Kier alpha value is -0.660. The predicted octanol–water partition coefficient (Wildman–Crippen LogP) is -0.257. The lowest BCUT2D eigenvalue weighted by molar-refractivity contribution is -0.165. The first-order valence-electron chi connectivity index (χ1n) is 7.14. The smallest absolute Gasteiger partial charge is 0.222 e. The molecule has 0 unspecified atom stereocenters. The molecule has 2 rings (SSSR count). The van der Waals surface area contributed by atoms with E-state index in [1.165, 1.54) is 0 Å². The number of hydrogen-bond donors (Lipinski definition) is 0. The lowest BCUT2D eigenvalue weighted by Crippen LogP contribution is -2.70. The van der Waals surface area contributed by atoms with Gasteiger partial charge >= 0.3 is 0 Å². The monoisotopic (exact) mass is 304 g/mol. The van der Waals surface area contributed by atoms with Crippen LogP contribution in [0.4, 0.5) is 0 Å². The van der Waals surface area contributed by atoms with E-state index in [2.05, 4.69) is 0 Å². The number of ether oxygens (including phenoxy) is 1. The summed E-state index contributed by atoms with van der Waals surface area (Å²) in [4.78, 5) is 15.2. The lowest BCUT2D eigenvalue weighted by atomic mass is 9.95. The second-order valence-corrected chi connectivity index (χ2v) is 8.16. The average Bonchev–Trinajstić information content (AvgIpc) is 2.36. The Balaban J connectivity index is 1.97. The number of amides is 1. The molecule has 0 saturated carbocycles. The van der Waals surface area contributed by atoms with Crippen molar-refractivity contribution in [3.63, 3.8) is 0 Å². The molecule has 2 aliphatic heterocycles. The van der Waals surface area contributed by atoms with Crippen LogP contribution in [0.2, 0.25) is 0 Å². The molecular weight excluding hydrogens is 280 g/mol. The van der Waals surface area contributed by atoms with E-state index in [4.69, 9.17) is 4.74 Å². The molecule has 116 valence electrons. The number of sulfone groups is 1. The van der Waals surface area contributed by atoms with Crippen LogP contribution in [0, 0.1) is 0 Å². The van der Waals surface area contributed by atoms with Gasteiger partial charge in [-0.2, -0.15) is 0 Å². The summed E-state index contributed by atoms with van der Waals surface area (Å²) in [5, 5.41) is -0.450. The summed E-state index contributed by atoms with van der Waals surface area (Å²) in [6.07, 6.45) is 0.451. The van der Waals surface area contributed by atoms with Gasteiger partial charge in [0.05, 0.1) is 30.7 Å². The molecule has 2 heterocycles. The third-order valence-corrected chi connectivity index (χ3v) is 6.45. The highest BCUT2D eigenvalue weighted by molar-refractivity contribution is 7.92. The second kappa shape index (κ2) is 5.61. The number of nitrogens with zero attached hydrogens (tertiary/aromatic N) is 2. The Bertz CT molecular complexity index is 471. The van der Waals surface area contributed by atoms with E-state index in [0.717, 1.165) is 6.54 Å². The van der Waals surface area contributed by atoms with E-state index in [9.17, 15) is 13.2 Å². The molecule has 0 aliphatic carbocycles. The second-order valence-electron chi connectivity index (χ2n) is 5.88. The molecule has 6 nitrogen and oxygen atoms in total. The average molecular weight is 304 g/mol. The van der Waals surface area contributed by atoms with Crippen molar-refractivity contribution in [2.45, 2.75) is 31.1 Å². The van der Waals surface area contributed by atoms with Gasteiger partial charge in [0.2, 0.25) is 5.91 Å². The zero-order valence-corrected chi connectivity index (χ0v) is 13.3. The van der Waals surface area contributed by atoms with Gasteiger partial charge < -0.3 is 14.5 Å². The standard InChI is InChI=1S/C13H24N2O4S/c1-4-12(16)15-8-13(9-15)10-20(17,18)11(7-19-13)6-14(3)5-2/h11H,4-10H2,1-3H3/t11-/m0/s1. The van der Waals surface area contributed by atoms with Gasteiger partial charge in [-0.3, -0.25) is 4.79 Å². The van der Waals surface area contributed by atoms with Gasteiger partial charge in [-0.15, -0.1) is 0 Å². The summed E-state index contributed by atoms with van der Waals surface area (Å²) in [6.45, 7) is 6.19. The normalized spacial score (nSPS) is 27.6. The van der Waals surface area contributed by atoms with Crippen LogP contribution in [0.5, 0.6) is 0 Å². The van der Waals surface area contributed by atoms with Crippen molar-refractivity contribution >= 4 is 15.7 Å². The van der Waals surface area contributed by atoms with Crippen molar-refractivity contribution in [2.24, 2.45) is 0 Å². The van der Waals surface area contributed by atoms with Crippen molar-refractivity contribution in [1.29, 1.82) is 0 Å². The SMILES string of the molecule is CCC(=O)N1CC2(C1)CS(=O)(=O)[C@@H](CN(C)CC)CO2. The maximum Gasteiger partial charge on any atom is 0.222 e. The number of carbonyl (C=O) groups is 1. The topological polar surface area (TPSA) is 66.9 Å². The predicted molar refractivity (Wildman–Crippen MR) is 76.3 cm³/mol. The molecule has 2 aliphatic rings. The summed E-state index contributed by atoms with van der Waals surface area (Å²) < 4.78 is 30.6. The molecule has 0 aromatic rings. The Labute approximate surface area is 121 Å². The number of rotatable bonds is 4. The number of likely N-dealkylation sites (tertiary alicyclic amines) is 1. The third-order valence-electron chi connectivity index (χ3n) is 4.22. The molecule has 7 heteroatoms. The summed E-state index contributed by atoms with van der Waals surface area (Å²) in [6, 6.07) is 0. The highest BCUT2D eigenvalue weighted by atomic mass is 32.2. The molecule has 1 amide bonds. The van der Waals surface area contributed by atoms with Crippen LogP contribution in [0.1, 0.15) is 20.3 Å². The van der Waals surface area contributed by atoms with Gasteiger partial charge in [-0.1, -0.05) is 13.8 Å². The molecule has 20 heavy (non-hydrogen) atoms. The molecular formula is C13H24N2O4S. The minimum Gasteiger partial charge on any atom is -0.369 e. The molecule has 0 aromatic heterocycles. The molecule has 0 radical (unpaired) electrons. The maximum absolute atomic E-state index is 12.4. The van der Waals surface area contributed by atoms with Crippen molar-refractivity contribution < 1.29 is 17.9 Å². The van der Waals surface area contributed by atoms with Crippen LogP contribution >= 0.6 is 0 Å². The maximum atomic E-state index is 12.4. The fourth-order valence-electron chi connectivity index (χ4n) is 2.77. The van der Waals surface area contributed by atoms with Gasteiger partial charge in [0.1, 0.15) is 5.60 Å². The van der Waals surface area contributed by atoms with Crippen LogP contribution in [0.25, 0.3) is 0 Å². The zero-order chi connectivity index (χ0) is 15.0. The number of carbonyl (C=O) groups excluding carboxylic acids is 1. The molecule has 0 N–H and O–H groups in total. The van der Waals surface area contributed by atoms with E-state index < -0.39 is 20.7 Å². The van der Waals surface area contributed by atoms with Crippen molar-refractivity contribution in [2.75, 3.05) is 45.6 Å². The van der Waals surface area contributed by atoms with Crippen LogP contribution in [0.3, 0.4) is 0 Å². The Kier molecular flexibility index (Phi) is 4.41. The highest BCUT2D eigenvalue weighted by Crippen LogP contribution is 2.33. The largest absolute Gasteiger partial charge is 0.369 e. The first-order valence-corrected chi connectivity index (χ1v) is 8.85. The molecule has 0 aromatic carbocycles. The Morgan fingerprint density at radius 3 is 2.55 bits per heavy atom. The highest BCUT2D eigenvalue weighted by Gasteiger charge is 2.53. The van der Waals surface area contributed by atoms with E-state index in [-0.39, 0.29) is 18.3 Å². The third kappa shape index (κ3) is 2.99. The molecule has 1 atom stereocenters. The summed E-state index contributed by atoms with van der Waals surface area (Å²) in [5.41, 5.74) is -0.648. The van der Waals surface area contributed by atoms with Gasteiger partial charge in [-0.05, 0) is 13.6 Å².